The van der Waals surface area contributed by atoms with Gasteiger partial charge in [-0.3, -0.25) is 19.3 Å². The number of nitrogens with one attached hydrogen (secondary N) is 1. The number of anilines is 1. The number of amides is 3. The molecule has 6 heteroatoms. The quantitative estimate of drug-likeness (QED) is 0.683. The third-order valence-electron chi connectivity index (χ3n) is 4.40. The maximum Gasteiger partial charge on any atom is 0.247 e. The Labute approximate surface area is 139 Å². The molecule has 0 radical (unpaired) electrons. The van der Waals surface area contributed by atoms with E-state index in [0.29, 0.717) is 23.6 Å². The van der Waals surface area contributed by atoms with E-state index in [1.807, 2.05) is 12.2 Å². The monoisotopic (exact) mass is 332 g/mol. The molecule has 3 atom stereocenters. The summed E-state index contributed by atoms with van der Waals surface area (Å²) in [5, 5.41) is 3.20. The summed E-state index contributed by atoms with van der Waals surface area (Å²) in [7, 11) is 0. The summed E-state index contributed by atoms with van der Waals surface area (Å²) >= 11 is 5.89. The van der Waals surface area contributed by atoms with Crippen LogP contribution >= 0.6 is 11.6 Å². The first-order chi connectivity index (χ1) is 11.0. The van der Waals surface area contributed by atoms with E-state index in [1.54, 1.807) is 31.2 Å². The molecule has 0 unspecified atom stereocenters. The summed E-state index contributed by atoms with van der Waals surface area (Å²) in [5.41, 5.74) is 0.535. The first-order valence-electron chi connectivity index (χ1n) is 7.57. The van der Waals surface area contributed by atoms with Gasteiger partial charge in [0.2, 0.25) is 17.7 Å². The van der Waals surface area contributed by atoms with Crippen LogP contribution in [0.1, 0.15) is 19.8 Å². The lowest BCUT2D eigenvalue weighted by Crippen LogP contribution is -2.46. The molecule has 1 aliphatic carbocycles. The molecule has 1 aliphatic heterocycles. The van der Waals surface area contributed by atoms with E-state index in [4.69, 9.17) is 11.6 Å². The standard InChI is InChI=1S/C17H17ClN2O3/c1-10(15(21)19-12-6-4-5-11(18)9-12)20-16(22)13-7-2-3-8-14(13)17(20)23/h2-6,9-10,13-14H,7-8H2,1H3,(H,19,21)/t10-,13-,14+/m0/s1. The predicted molar refractivity (Wildman–Crippen MR) is 86.8 cm³/mol. The van der Waals surface area contributed by atoms with Gasteiger partial charge in [-0.1, -0.05) is 29.8 Å². The first-order valence-corrected chi connectivity index (χ1v) is 7.95. The zero-order valence-electron chi connectivity index (χ0n) is 12.7. The fraction of sp³-hybridized carbons (Fsp3) is 0.353. The Kier molecular flexibility index (Phi) is 4.22. The first kappa shape index (κ1) is 15.7. The van der Waals surface area contributed by atoms with Gasteiger partial charge < -0.3 is 5.32 Å². The Hall–Kier alpha value is -2.14. The average Bonchev–Trinajstić information content (AvgIpc) is 2.79. The molecule has 1 heterocycles. The molecule has 3 rings (SSSR count). The van der Waals surface area contributed by atoms with E-state index >= 15 is 0 Å². The van der Waals surface area contributed by atoms with Crippen LogP contribution in [0.5, 0.6) is 0 Å². The minimum atomic E-state index is -0.848. The molecule has 1 fully saturated rings. The van der Waals surface area contributed by atoms with Crippen molar-refractivity contribution in [1.29, 1.82) is 0 Å². The lowest BCUT2D eigenvalue weighted by atomic mass is 9.85. The number of hydrogen-bond acceptors (Lipinski definition) is 3. The zero-order chi connectivity index (χ0) is 16.6. The maximum absolute atomic E-state index is 12.5. The van der Waals surface area contributed by atoms with Crippen molar-refractivity contribution in [1.82, 2.24) is 4.90 Å². The molecule has 0 spiro atoms. The van der Waals surface area contributed by atoms with Gasteiger partial charge >= 0.3 is 0 Å². The molecule has 5 nitrogen and oxygen atoms in total. The van der Waals surface area contributed by atoms with Crippen molar-refractivity contribution >= 4 is 35.0 Å². The highest BCUT2D eigenvalue weighted by Crippen LogP contribution is 2.36. The van der Waals surface area contributed by atoms with E-state index < -0.39 is 11.9 Å². The Balaban J connectivity index is 1.75. The Morgan fingerprint density at radius 2 is 1.83 bits per heavy atom. The third kappa shape index (κ3) is 2.88. The van der Waals surface area contributed by atoms with Crippen molar-refractivity contribution in [3.8, 4) is 0 Å². The van der Waals surface area contributed by atoms with Crippen LogP contribution in [0.2, 0.25) is 5.02 Å². The molecule has 23 heavy (non-hydrogen) atoms. The Morgan fingerprint density at radius 3 is 2.39 bits per heavy atom. The van der Waals surface area contributed by atoms with Crippen molar-refractivity contribution < 1.29 is 14.4 Å². The summed E-state index contributed by atoms with van der Waals surface area (Å²) in [6, 6.07) is 5.89. The summed E-state index contributed by atoms with van der Waals surface area (Å²) in [4.78, 5) is 38.5. The minimum Gasteiger partial charge on any atom is -0.324 e. The van der Waals surface area contributed by atoms with Crippen molar-refractivity contribution in [3.63, 3.8) is 0 Å². The summed E-state index contributed by atoms with van der Waals surface area (Å²) < 4.78 is 0. The highest BCUT2D eigenvalue weighted by molar-refractivity contribution is 6.30. The number of hydrogen-bond donors (Lipinski definition) is 1. The SMILES string of the molecule is C[C@@H](C(=O)Nc1cccc(Cl)c1)N1C(=O)[C@H]2CC=CC[C@H]2C1=O. The third-order valence-corrected chi connectivity index (χ3v) is 4.64. The normalized spacial score (nSPS) is 24.5. The second-order valence-electron chi connectivity index (χ2n) is 5.88. The molecule has 0 bridgehead atoms. The average molecular weight is 333 g/mol. The Morgan fingerprint density at radius 1 is 1.22 bits per heavy atom. The van der Waals surface area contributed by atoms with Crippen LogP contribution in [0.15, 0.2) is 36.4 Å². The van der Waals surface area contributed by atoms with E-state index in [2.05, 4.69) is 5.32 Å². The molecule has 3 amide bonds. The highest BCUT2D eigenvalue weighted by Gasteiger charge is 2.50. The lowest BCUT2D eigenvalue weighted by Gasteiger charge is -2.22. The molecule has 1 aromatic carbocycles. The van der Waals surface area contributed by atoms with Crippen LogP contribution in [-0.2, 0) is 14.4 Å². The van der Waals surface area contributed by atoms with Crippen molar-refractivity contribution in [2.75, 3.05) is 5.32 Å². The van der Waals surface area contributed by atoms with E-state index in [9.17, 15) is 14.4 Å². The van der Waals surface area contributed by atoms with Crippen LogP contribution in [0.25, 0.3) is 0 Å². The van der Waals surface area contributed by atoms with Gasteiger partial charge in [0.15, 0.2) is 0 Å². The molecule has 1 N–H and O–H groups in total. The van der Waals surface area contributed by atoms with Gasteiger partial charge in [0, 0.05) is 10.7 Å². The fourth-order valence-corrected chi connectivity index (χ4v) is 3.33. The number of nitrogens with zero attached hydrogens (tertiary/aromatic N) is 1. The maximum atomic E-state index is 12.5. The number of imide groups is 1. The number of halogens is 1. The number of allylic oxidation sites excluding steroid dienone is 2. The van der Waals surface area contributed by atoms with Crippen molar-refractivity contribution in [3.05, 3.63) is 41.4 Å². The van der Waals surface area contributed by atoms with Gasteiger partial charge in [0.25, 0.3) is 0 Å². The minimum absolute atomic E-state index is 0.252. The van der Waals surface area contributed by atoms with Gasteiger partial charge in [0.1, 0.15) is 6.04 Å². The largest absolute Gasteiger partial charge is 0.324 e. The molecule has 1 saturated heterocycles. The van der Waals surface area contributed by atoms with Gasteiger partial charge in [-0.05, 0) is 38.0 Å². The van der Waals surface area contributed by atoms with E-state index in [0.717, 1.165) is 4.90 Å². The van der Waals surface area contributed by atoms with Gasteiger partial charge in [-0.15, -0.1) is 0 Å². The number of rotatable bonds is 3. The van der Waals surface area contributed by atoms with Crippen LogP contribution in [0, 0.1) is 11.8 Å². The molecular weight excluding hydrogens is 316 g/mol. The van der Waals surface area contributed by atoms with Crippen molar-refractivity contribution in [2.45, 2.75) is 25.8 Å². The summed E-state index contributed by atoms with van der Waals surface area (Å²) in [5.74, 6) is -1.56. The number of carbonyl (C=O) groups is 3. The van der Waals surface area contributed by atoms with Gasteiger partial charge in [-0.2, -0.15) is 0 Å². The smallest absolute Gasteiger partial charge is 0.247 e. The van der Waals surface area contributed by atoms with E-state index in [1.165, 1.54) is 0 Å². The zero-order valence-corrected chi connectivity index (χ0v) is 13.4. The molecular formula is C17H17ClN2O3. The number of carbonyl (C=O) groups excluding carboxylic acids is 3. The van der Waals surface area contributed by atoms with Crippen LogP contribution in [0.3, 0.4) is 0 Å². The molecule has 0 saturated carbocycles. The number of likely N-dealkylation sites (tertiary alicyclic amines) is 1. The second-order valence-corrected chi connectivity index (χ2v) is 6.31. The molecule has 120 valence electrons. The topological polar surface area (TPSA) is 66.5 Å². The van der Waals surface area contributed by atoms with Crippen LogP contribution < -0.4 is 5.32 Å². The number of fused-ring (bicyclic) bond motifs is 1. The molecule has 2 aliphatic rings. The van der Waals surface area contributed by atoms with E-state index in [-0.39, 0.29) is 23.7 Å². The van der Waals surface area contributed by atoms with Crippen LogP contribution in [-0.4, -0.2) is 28.7 Å². The van der Waals surface area contributed by atoms with Crippen molar-refractivity contribution in [2.24, 2.45) is 11.8 Å². The number of benzene rings is 1. The summed E-state index contributed by atoms with van der Waals surface area (Å²) in [6.45, 7) is 1.57. The lowest BCUT2D eigenvalue weighted by molar-refractivity contribution is -0.146. The Bertz CT molecular complexity index is 675. The predicted octanol–water partition coefficient (Wildman–Crippen LogP) is 2.62. The molecule has 0 aromatic heterocycles. The fourth-order valence-electron chi connectivity index (χ4n) is 3.14. The van der Waals surface area contributed by atoms with Gasteiger partial charge in [-0.25, -0.2) is 0 Å². The highest BCUT2D eigenvalue weighted by atomic mass is 35.5. The van der Waals surface area contributed by atoms with Crippen LogP contribution in [0.4, 0.5) is 5.69 Å². The van der Waals surface area contributed by atoms with Gasteiger partial charge in [0.05, 0.1) is 11.8 Å². The molecule has 1 aromatic rings. The second kappa shape index (κ2) is 6.16. The summed E-state index contributed by atoms with van der Waals surface area (Å²) in [6.07, 6.45) is 4.97.